The molecule has 2 aromatic heterocycles. The lowest BCUT2D eigenvalue weighted by molar-refractivity contribution is -0.109. The summed E-state index contributed by atoms with van der Waals surface area (Å²) in [6, 6.07) is 12.0. The molecule has 1 fully saturated rings. The van der Waals surface area contributed by atoms with E-state index in [9.17, 15) is 4.79 Å². The summed E-state index contributed by atoms with van der Waals surface area (Å²) in [5.74, 6) is 0.484. The molecule has 156 valence electrons. The van der Waals surface area contributed by atoms with Crippen molar-refractivity contribution in [3.05, 3.63) is 69.8 Å². The Morgan fingerprint density at radius 1 is 1.23 bits per heavy atom. The van der Waals surface area contributed by atoms with E-state index in [0.717, 1.165) is 37.9 Å². The van der Waals surface area contributed by atoms with Gasteiger partial charge in [0, 0.05) is 38.4 Å². The molecule has 0 spiro atoms. The number of pyridine rings is 1. The first-order valence-electron chi connectivity index (χ1n) is 10.1. The van der Waals surface area contributed by atoms with Gasteiger partial charge in [0.15, 0.2) is 0 Å². The third kappa shape index (κ3) is 4.78. The summed E-state index contributed by atoms with van der Waals surface area (Å²) in [6.45, 7) is 3.00. The van der Waals surface area contributed by atoms with Gasteiger partial charge in [-0.15, -0.1) is 0 Å². The van der Waals surface area contributed by atoms with E-state index in [4.69, 9.17) is 10.1 Å². The van der Waals surface area contributed by atoms with Crippen LogP contribution in [-0.4, -0.2) is 41.0 Å². The van der Waals surface area contributed by atoms with Crippen LogP contribution in [0, 0.1) is 11.3 Å². The second kappa shape index (κ2) is 9.90. The van der Waals surface area contributed by atoms with Gasteiger partial charge in [0.25, 0.3) is 5.56 Å². The highest BCUT2D eigenvalue weighted by Crippen LogP contribution is 2.32. The molecule has 0 unspecified atom stereocenters. The molecule has 30 heavy (non-hydrogen) atoms. The van der Waals surface area contributed by atoms with Gasteiger partial charge in [-0.25, -0.2) is 0 Å². The molecule has 1 aliphatic heterocycles. The van der Waals surface area contributed by atoms with Crippen molar-refractivity contribution in [1.29, 1.82) is 5.26 Å². The van der Waals surface area contributed by atoms with Crippen molar-refractivity contribution in [3.8, 4) is 6.07 Å². The molecule has 0 radical (unpaired) electrons. The summed E-state index contributed by atoms with van der Waals surface area (Å²) in [5.41, 5.74) is 3.98. The van der Waals surface area contributed by atoms with Crippen LogP contribution in [0.4, 0.5) is 0 Å². The van der Waals surface area contributed by atoms with Gasteiger partial charge in [-0.1, -0.05) is 12.1 Å². The third-order valence-corrected chi connectivity index (χ3v) is 5.56. The van der Waals surface area contributed by atoms with E-state index in [1.54, 1.807) is 11.6 Å². The highest BCUT2D eigenvalue weighted by Gasteiger charge is 2.23. The summed E-state index contributed by atoms with van der Waals surface area (Å²) < 4.78 is 1.69. The minimum Gasteiger partial charge on any atom is -0.362 e. The Bertz CT molecular complexity index is 1080. The Morgan fingerprint density at radius 3 is 2.50 bits per heavy atom. The number of aromatic nitrogens is 2. The fraction of sp³-hybridized carbons (Fsp3) is 0.348. The minimum atomic E-state index is 0.0343. The van der Waals surface area contributed by atoms with Gasteiger partial charge in [-0.2, -0.15) is 5.26 Å². The quantitative estimate of drug-likeness (QED) is 0.652. The zero-order valence-electron chi connectivity index (χ0n) is 17.4. The molecule has 7 heteroatoms. The number of hydrogen-bond donors (Lipinski definition) is 2. The smallest absolute Gasteiger partial charge is 0.274 e. The fourth-order valence-corrected chi connectivity index (χ4v) is 3.97. The Labute approximate surface area is 175 Å². The summed E-state index contributed by atoms with van der Waals surface area (Å²) in [7, 11) is 3.39. The molecule has 1 saturated heterocycles. The van der Waals surface area contributed by atoms with E-state index in [1.165, 1.54) is 11.1 Å². The number of likely N-dealkylation sites (tertiary alicyclic amines) is 1. The standard InChI is InChI=1S/C21H22N4O.C2H5NO/c1-24-14-19(18-6-9-23-20(18)21(24)26)17-7-10-25(11-8-17)13-16-4-2-15(12-22)3-5-16;1-3-2-4/h2-6,9,14,17,23H,7-8,10-11,13H2,1H3;2H,1H3,(H,3,4). The largest absolute Gasteiger partial charge is 0.362 e. The average Bonchev–Trinajstić information content (AvgIpc) is 3.28. The maximum absolute atomic E-state index is 12.2. The summed E-state index contributed by atoms with van der Waals surface area (Å²) in [5, 5.41) is 12.2. The first-order valence-corrected chi connectivity index (χ1v) is 10.1. The molecule has 0 aliphatic carbocycles. The zero-order chi connectivity index (χ0) is 21.5. The lowest BCUT2D eigenvalue weighted by Gasteiger charge is -2.32. The molecule has 0 bridgehead atoms. The van der Waals surface area contributed by atoms with Crippen LogP contribution in [0.3, 0.4) is 0 Å². The second-order valence-electron chi connectivity index (χ2n) is 7.53. The van der Waals surface area contributed by atoms with E-state index >= 15 is 0 Å². The number of nitrogens with one attached hydrogen (secondary N) is 2. The summed E-state index contributed by atoms with van der Waals surface area (Å²) >= 11 is 0. The number of fused-ring (bicyclic) bond motifs is 1. The molecule has 2 N–H and O–H groups in total. The second-order valence-corrected chi connectivity index (χ2v) is 7.53. The van der Waals surface area contributed by atoms with Crippen molar-refractivity contribution in [1.82, 2.24) is 19.8 Å². The lowest BCUT2D eigenvalue weighted by atomic mass is 9.88. The van der Waals surface area contributed by atoms with Crippen molar-refractivity contribution in [2.45, 2.75) is 25.3 Å². The highest BCUT2D eigenvalue weighted by atomic mass is 16.1. The normalized spacial score (nSPS) is 14.6. The number of benzene rings is 1. The monoisotopic (exact) mass is 405 g/mol. The van der Waals surface area contributed by atoms with E-state index in [2.05, 4.69) is 21.3 Å². The number of nitriles is 1. The Morgan fingerprint density at radius 2 is 1.90 bits per heavy atom. The van der Waals surface area contributed by atoms with Crippen LogP contribution in [0.25, 0.3) is 10.9 Å². The predicted molar refractivity (Wildman–Crippen MR) is 117 cm³/mol. The first-order chi connectivity index (χ1) is 14.6. The van der Waals surface area contributed by atoms with E-state index in [-0.39, 0.29) is 5.56 Å². The topological polar surface area (TPSA) is 93.9 Å². The Balaban J connectivity index is 0.000000589. The fourth-order valence-electron chi connectivity index (χ4n) is 3.97. The van der Waals surface area contributed by atoms with Crippen LogP contribution >= 0.6 is 0 Å². The number of piperidine rings is 1. The zero-order valence-corrected chi connectivity index (χ0v) is 17.4. The SMILES string of the molecule is CNC=O.Cn1cc(C2CCN(Cc3ccc(C#N)cc3)CC2)c2cc[nH]c2c1=O. The number of nitrogens with zero attached hydrogens (tertiary/aromatic N) is 3. The van der Waals surface area contributed by atoms with Gasteiger partial charge in [0.2, 0.25) is 6.41 Å². The maximum Gasteiger partial charge on any atom is 0.274 e. The first kappa shape index (κ1) is 21.3. The van der Waals surface area contributed by atoms with E-state index in [1.807, 2.05) is 49.8 Å². The number of rotatable bonds is 4. The third-order valence-electron chi connectivity index (χ3n) is 5.56. The number of carbonyl (C=O) groups excluding carboxylic acids is 1. The van der Waals surface area contributed by atoms with Gasteiger partial charge in [0.1, 0.15) is 5.52 Å². The maximum atomic E-state index is 12.2. The summed E-state index contributed by atoms with van der Waals surface area (Å²) in [4.78, 5) is 26.8. The number of hydrogen-bond acceptors (Lipinski definition) is 4. The van der Waals surface area contributed by atoms with E-state index in [0.29, 0.717) is 23.4 Å². The van der Waals surface area contributed by atoms with Gasteiger partial charge < -0.3 is 14.9 Å². The van der Waals surface area contributed by atoms with Crippen LogP contribution in [0.2, 0.25) is 0 Å². The number of H-pyrrole nitrogens is 1. The molecular formula is C23H27N5O2. The van der Waals surface area contributed by atoms with E-state index < -0.39 is 0 Å². The average molecular weight is 406 g/mol. The lowest BCUT2D eigenvalue weighted by Crippen LogP contribution is -2.33. The molecule has 0 saturated carbocycles. The molecule has 1 aliphatic rings. The van der Waals surface area contributed by atoms with Gasteiger partial charge in [0.05, 0.1) is 11.6 Å². The number of aryl methyl sites for hydroxylation is 1. The molecule has 4 rings (SSSR count). The van der Waals surface area contributed by atoms with Crippen LogP contribution in [0.5, 0.6) is 0 Å². The Hall–Kier alpha value is -3.37. The highest BCUT2D eigenvalue weighted by molar-refractivity contribution is 5.82. The summed E-state index contributed by atoms with van der Waals surface area (Å²) in [6.07, 6.45) is 6.68. The molecule has 1 amide bonds. The van der Waals surface area contributed by atoms with Crippen LogP contribution in [0.15, 0.2) is 47.5 Å². The predicted octanol–water partition coefficient (Wildman–Crippen LogP) is 2.48. The molecule has 0 atom stereocenters. The van der Waals surface area contributed by atoms with Crippen LogP contribution in [0.1, 0.15) is 35.4 Å². The van der Waals surface area contributed by atoms with Crippen molar-refractivity contribution in [3.63, 3.8) is 0 Å². The molecule has 1 aromatic carbocycles. The minimum absolute atomic E-state index is 0.0343. The number of amides is 1. The van der Waals surface area contributed by atoms with Crippen molar-refractivity contribution >= 4 is 17.3 Å². The molecule has 3 aromatic rings. The van der Waals surface area contributed by atoms with Crippen LogP contribution in [-0.2, 0) is 18.4 Å². The number of aromatic amines is 1. The number of carbonyl (C=O) groups is 1. The van der Waals surface area contributed by atoms with Crippen molar-refractivity contribution < 1.29 is 4.79 Å². The van der Waals surface area contributed by atoms with Gasteiger partial charge >= 0.3 is 0 Å². The molecular weight excluding hydrogens is 378 g/mol. The van der Waals surface area contributed by atoms with Gasteiger partial charge in [-0.05, 0) is 61.2 Å². The van der Waals surface area contributed by atoms with Crippen molar-refractivity contribution in [2.75, 3.05) is 20.1 Å². The van der Waals surface area contributed by atoms with Crippen LogP contribution < -0.4 is 10.9 Å². The molecule has 7 nitrogen and oxygen atoms in total. The molecule has 3 heterocycles. The van der Waals surface area contributed by atoms with Crippen molar-refractivity contribution in [2.24, 2.45) is 7.05 Å². The Kier molecular flexibility index (Phi) is 7.04. The van der Waals surface area contributed by atoms with Gasteiger partial charge in [-0.3, -0.25) is 14.5 Å².